The molecule has 10 heteroatoms. The number of anilines is 1. The number of hydrogen-bond donors (Lipinski definition) is 0. The fraction of sp³-hybridized carbons (Fsp3) is 0.304. The molecule has 2 atom stereocenters. The SMILES string of the molecule is Cn1cnc2ncn(Cc3nc(C4C5CN(c6ccc7ncccc7c6)CC54)no3)c(=O)c21. The van der Waals surface area contributed by atoms with Crippen LogP contribution in [-0.2, 0) is 13.6 Å². The minimum atomic E-state index is -0.177. The van der Waals surface area contributed by atoms with Gasteiger partial charge in [0.2, 0.25) is 5.89 Å². The lowest BCUT2D eigenvalue weighted by Crippen LogP contribution is -2.23. The molecule has 5 heterocycles. The van der Waals surface area contributed by atoms with Crippen molar-refractivity contribution in [1.29, 1.82) is 0 Å². The Kier molecular flexibility index (Phi) is 3.76. The van der Waals surface area contributed by atoms with Crippen molar-refractivity contribution in [2.24, 2.45) is 18.9 Å². The molecule has 2 unspecified atom stereocenters. The summed E-state index contributed by atoms with van der Waals surface area (Å²) in [5.41, 5.74) is 2.96. The summed E-state index contributed by atoms with van der Waals surface area (Å²) >= 11 is 0. The number of imidazole rings is 1. The van der Waals surface area contributed by atoms with Crippen LogP contribution in [0.1, 0.15) is 17.6 Å². The number of aryl methyl sites for hydroxylation is 1. The van der Waals surface area contributed by atoms with Crippen molar-refractivity contribution in [2.75, 3.05) is 18.0 Å². The Balaban J connectivity index is 1.06. The van der Waals surface area contributed by atoms with Crippen molar-refractivity contribution >= 4 is 27.8 Å². The second kappa shape index (κ2) is 6.71. The first kappa shape index (κ1) is 18.5. The van der Waals surface area contributed by atoms with Crippen LogP contribution in [0.15, 0.2) is 58.5 Å². The summed E-state index contributed by atoms with van der Waals surface area (Å²) in [5.74, 6) is 2.52. The number of hydrogen-bond acceptors (Lipinski definition) is 8. The molecule has 0 bridgehead atoms. The maximum Gasteiger partial charge on any atom is 0.280 e. The van der Waals surface area contributed by atoms with E-state index < -0.39 is 0 Å². The predicted molar refractivity (Wildman–Crippen MR) is 120 cm³/mol. The van der Waals surface area contributed by atoms with Gasteiger partial charge in [0, 0.05) is 43.3 Å². The summed E-state index contributed by atoms with van der Waals surface area (Å²) in [7, 11) is 1.78. The quantitative estimate of drug-likeness (QED) is 0.417. The summed E-state index contributed by atoms with van der Waals surface area (Å²) in [6.07, 6.45) is 4.88. The largest absolute Gasteiger partial charge is 0.371 e. The maximum absolute atomic E-state index is 12.7. The summed E-state index contributed by atoms with van der Waals surface area (Å²) in [6, 6.07) is 10.5. The number of nitrogens with zero attached hydrogens (tertiary/aromatic N) is 8. The summed E-state index contributed by atoms with van der Waals surface area (Å²) in [5, 5.41) is 5.39. The number of piperidine rings is 1. The number of rotatable bonds is 4. The van der Waals surface area contributed by atoms with Crippen molar-refractivity contribution in [2.45, 2.75) is 12.5 Å². The van der Waals surface area contributed by atoms with Gasteiger partial charge in [-0.1, -0.05) is 11.2 Å². The van der Waals surface area contributed by atoms with Gasteiger partial charge in [-0.2, -0.15) is 4.98 Å². The number of fused-ring (bicyclic) bond motifs is 3. The van der Waals surface area contributed by atoms with Crippen molar-refractivity contribution in [3.8, 4) is 0 Å². The highest BCUT2D eigenvalue weighted by Crippen LogP contribution is 2.58. The van der Waals surface area contributed by atoms with E-state index in [0.29, 0.717) is 34.8 Å². The van der Waals surface area contributed by atoms with E-state index >= 15 is 0 Å². The van der Waals surface area contributed by atoms with E-state index in [-0.39, 0.29) is 12.1 Å². The summed E-state index contributed by atoms with van der Waals surface area (Å²) in [4.78, 5) is 32.5. The number of aromatic nitrogens is 7. The monoisotopic (exact) mass is 440 g/mol. The van der Waals surface area contributed by atoms with Gasteiger partial charge in [-0.15, -0.1) is 0 Å². The maximum atomic E-state index is 12.7. The highest BCUT2D eigenvalue weighted by atomic mass is 16.5. The zero-order valence-electron chi connectivity index (χ0n) is 17.9. The average Bonchev–Trinajstić information content (AvgIpc) is 3.24. The zero-order valence-corrected chi connectivity index (χ0v) is 17.9. The summed E-state index contributed by atoms with van der Waals surface area (Å²) < 4.78 is 8.63. The molecule has 2 aliphatic rings. The van der Waals surface area contributed by atoms with Crippen LogP contribution in [0.25, 0.3) is 22.1 Å². The van der Waals surface area contributed by atoms with E-state index in [1.807, 2.05) is 12.3 Å². The van der Waals surface area contributed by atoms with Gasteiger partial charge in [-0.3, -0.25) is 14.3 Å². The van der Waals surface area contributed by atoms with Gasteiger partial charge in [-0.25, -0.2) is 9.97 Å². The average molecular weight is 440 g/mol. The Morgan fingerprint density at radius 2 is 1.94 bits per heavy atom. The Bertz CT molecular complexity index is 1570. The minimum Gasteiger partial charge on any atom is -0.371 e. The fourth-order valence-electron chi connectivity index (χ4n) is 5.18. The lowest BCUT2D eigenvalue weighted by Gasteiger charge is -2.21. The third-order valence-electron chi connectivity index (χ3n) is 6.93. The standard InChI is InChI=1S/C23H20N8O2/c1-29-11-25-22-20(29)23(32)31(12-26-22)10-18-27-21(28-33-18)19-15-8-30(9-16(15)19)14-4-5-17-13(7-14)3-2-6-24-17/h2-7,11-12,15-16,19H,8-10H2,1H3. The van der Waals surface area contributed by atoms with E-state index in [0.717, 1.165) is 29.8 Å². The Labute approximate surface area is 187 Å². The number of benzene rings is 1. The molecule has 33 heavy (non-hydrogen) atoms. The molecule has 5 aromatic rings. The van der Waals surface area contributed by atoms with E-state index in [4.69, 9.17) is 4.52 Å². The summed E-state index contributed by atoms with van der Waals surface area (Å²) in [6.45, 7) is 2.15. The van der Waals surface area contributed by atoms with Crippen LogP contribution in [0.4, 0.5) is 5.69 Å². The van der Waals surface area contributed by atoms with Gasteiger partial charge in [0.25, 0.3) is 5.56 Å². The highest BCUT2D eigenvalue weighted by Gasteiger charge is 2.58. The second-order valence-corrected chi connectivity index (χ2v) is 8.89. The lowest BCUT2D eigenvalue weighted by atomic mass is 10.1. The van der Waals surface area contributed by atoms with Crippen LogP contribution in [0.5, 0.6) is 0 Å². The predicted octanol–water partition coefficient (Wildman–Crippen LogP) is 1.96. The van der Waals surface area contributed by atoms with Crippen LogP contribution in [-0.4, -0.2) is 47.3 Å². The third kappa shape index (κ3) is 2.86. The van der Waals surface area contributed by atoms with Crippen molar-refractivity contribution in [3.05, 3.63) is 71.3 Å². The van der Waals surface area contributed by atoms with Gasteiger partial charge < -0.3 is 14.0 Å². The van der Waals surface area contributed by atoms with Gasteiger partial charge in [-0.05, 0) is 36.1 Å². The second-order valence-electron chi connectivity index (χ2n) is 8.89. The van der Waals surface area contributed by atoms with Crippen LogP contribution in [0.2, 0.25) is 0 Å². The molecule has 1 saturated carbocycles. The molecule has 0 amide bonds. The Morgan fingerprint density at radius 3 is 2.82 bits per heavy atom. The van der Waals surface area contributed by atoms with Gasteiger partial charge in [0.05, 0.1) is 11.8 Å². The first-order valence-electron chi connectivity index (χ1n) is 10.9. The third-order valence-corrected chi connectivity index (χ3v) is 6.93. The Hall–Kier alpha value is -4.08. The zero-order chi connectivity index (χ0) is 22.1. The molecular formula is C23H20N8O2. The van der Waals surface area contributed by atoms with Crippen LogP contribution in [0, 0.1) is 11.8 Å². The first-order valence-corrected chi connectivity index (χ1v) is 10.9. The molecule has 0 N–H and O–H groups in total. The smallest absolute Gasteiger partial charge is 0.280 e. The van der Waals surface area contributed by atoms with Crippen LogP contribution in [0.3, 0.4) is 0 Å². The molecule has 2 fully saturated rings. The highest BCUT2D eigenvalue weighted by molar-refractivity contribution is 5.82. The van der Waals surface area contributed by atoms with Gasteiger partial charge in [0.1, 0.15) is 12.9 Å². The van der Waals surface area contributed by atoms with Gasteiger partial charge >= 0.3 is 0 Å². The van der Waals surface area contributed by atoms with E-state index in [2.05, 4.69) is 54.3 Å². The van der Waals surface area contributed by atoms with Crippen LogP contribution >= 0.6 is 0 Å². The molecule has 4 aromatic heterocycles. The molecule has 1 aliphatic carbocycles. The molecule has 0 radical (unpaired) electrons. The van der Waals surface area contributed by atoms with Crippen molar-refractivity contribution in [1.82, 2.24) is 34.2 Å². The molecular weight excluding hydrogens is 420 g/mol. The van der Waals surface area contributed by atoms with E-state index in [9.17, 15) is 4.79 Å². The minimum absolute atomic E-state index is 0.177. The molecule has 10 nitrogen and oxygen atoms in total. The van der Waals surface area contributed by atoms with E-state index in [1.165, 1.54) is 16.6 Å². The fourth-order valence-corrected chi connectivity index (χ4v) is 5.18. The molecule has 7 rings (SSSR count). The molecule has 1 saturated heterocycles. The lowest BCUT2D eigenvalue weighted by molar-refractivity contribution is 0.363. The van der Waals surface area contributed by atoms with Crippen molar-refractivity contribution in [3.63, 3.8) is 0 Å². The topological polar surface area (TPSA) is 108 Å². The normalized spacial score (nSPS) is 21.7. The van der Waals surface area contributed by atoms with Crippen LogP contribution < -0.4 is 10.5 Å². The van der Waals surface area contributed by atoms with Gasteiger partial charge in [0.15, 0.2) is 17.0 Å². The molecule has 0 spiro atoms. The van der Waals surface area contributed by atoms with E-state index in [1.54, 1.807) is 17.9 Å². The first-order chi connectivity index (χ1) is 16.2. The molecule has 1 aliphatic heterocycles. The Morgan fingerprint density at radius 1 is 1.09 bits per heavy atom. The molecule has 1 aromatic carbocycles. The number of pyridine rings is 1. The molecule has 164 valence electrons. The van der Waals surface area contributed by atoms with Crippen molar-refractivity contribution < 1.29 is 4.52 Å².